The summed E-state index contributed by atoms with van der Waals surface area (Å²) in [5, 5.41) is 0. The minimum Gasteiger partial charge on any atom is -0.489 e. The fourth-order valence-electron chi connectivity index (χ4n) is 6.50. The minimum atomic E-state index is -0.318. The smallest absolute Gasteiger partial charge is 0.125 e. The SMILES string of the molecule is CCC(c1ccccc1)(c1cc(CCN(C(C)C)C(C)C)ccc1OCc1ccccc1)N(C(C)C)C(C)C. The van der Waals surface area contributed by atoms with E-state index in [2.05, 4.69) is 151 Å². The number of rotatable bonds is 14. The summed E-state index contributed by atoms with van der Waals surface area (Å²) in [7, 11) is 0. The highest BCUT2D eigenvalue weighted by Gasteiger charge is 2.43. The summed E-state index contributed by atoms with van der Waals surface area (Å²) in [6.07, 6.45) is 1.96. The molecular weight excluding hydrogens is 476 g/mol. The monoisotopic (exact) mass is 528 g/mol. The molecule has 0 N–H and O–H groups in total. The van der Waals surface area contributed by atoms with Crippen LogP contribution < -0.4 is 4.74 Å². The Morgan fingerprint density at radius 1 is 0.667 bits per heavy atom. The average Bonchev–Trinajstić information content (AvgIpc) is 2.91. The summed E-state index contributed by atoms with van der Waals surface area (Å²) >= 11 is 0. The number of ether oxygens (including phenoxy) is 1. The predicted octanol–water partition coefficient (Wildman–Crippen LogP) is 8.70. The van der Waals surface area contributed by atoms with E-state index in [0.717, 1.165) is 25.1 Å². The van der Waals surface area contributed by atoms with E-state index in [1.807, 2.05) is 0 Å². The molecule has 3 heteroatoms. The van der Waals surface area contributed by atoms with Gasteiger partial charge in [-0.1, -0.05) is 73.7 Å². The molecule has 0 fully saturated rings. The number of benzene rings is 3. The van der Waals surface area contributed by atoms with Gasteiger partial charge in [0.2, 0.25) is 0 Å². The Kier molecular flexibility index (Phi) is 11.2. The number of hydrogen-bond donors (Lipinski definition) is 0. The van der Waals surface area contributed by atoms with Gasteiger partial charge in [-0.25, -0.2) is 0 Å². The lowest BCUT2D eigenvalue weighted by atomic mass is 9.76. The molecule has 212 valence electrons. The fraction of sp³-hybridized carbons (Fsp3) is 0.500. The minimum absolute atomic E-state index is 0.318. The molecule has 0 radical (unpaired) electrons. The highest BCUT2D eigenvalue weighted by atomic mass is 16.5. The largest absolute Gasteiger partial charge is 0.489 e. The first kappa shape index (κ1) is 30.9. The van der Waals surface area contributed by atoms with E-state index in [0.29, 0.717) is 30.8 Å². The maximum Gasteiger partial charge on any atom is 0.125 e. The van der Waals surface area contributed by atoms with E-state index < -0.39 is 0 Å². The molecule has 3 aromatic carbocycles. The van der Waals surface area contributed by atoms with Crippen molar-refractivity contribution in [2.24, 2.45) is 0 Å². The molecule has 0 aliphatic heterocycles. The van der Waals surface area contributed by atoms with Crippen LogP contribution in [0, 0.1) is 0 Å². The van der Waals surface area contributed by atoms with Gasteiger partial charge in [-0.15, -0.1) is 0 Å². The van der Waals surface area contributed by atoms with Crippen molar-refractivity contribution in [3.05, 3.63) is 101 Å². The van der Waals surface area contributed by atoms with Crippen LogP contribution in [0.4, 0.5) is 0 Å². The topological polar surface area (TPSA) is 15.7 Å². The summed E-state index contributed by atoms with van der Waals surface area (Å²) < 4.78 is 6.68. The van der Waals surface area contributed by atoms with Gasteiger partial charge in [0.05, 0.1) is 5.54 Å². The number of hydrogen-bond acceptors (Lipinski definition) is 3. The van der Waals surface area contributed by atoms with Crippen molar-refractivity contribution < 1.29 is 4.74 Å². The van der Waals surface area contributed by atoms with Gasteiger partial charge in [-0.3, -0.25) is 9.80 Å². The van der Waals surface area contributed by atoms with E-state index >= 15 is 0 Å². The average molecular weight is 529 g/mol. The molecule has 0 bridgehead atoms. The predicted molar refractivity (Wildman–Crippen MR) is 168 cm³/mol. The van der Waals surface area contributed by atoms with Gasteiger partial charge < -0.3 is 4.74 Å². The lowest BCUT2D eigenvalue weighted by molar-refractivity contribution is 0.0452. The van der Waals surface area contributed by atoms with E-state index in [-0.39, 0.29) is 5.54 Å². The van der Waals surface area contributed by atoms with Crippen LogP contribution in [0.2, 0.25) is 0 Å². The molecule has 0 spiro atoms. The van der Waals surface area contributed by atoms with Crippen LogP contribution in [0.25, 0.3) is 0 Å². The van der Waals surface area contributed by atoms with E-state index in [1.54, 1.807) is 0 Å². The Morgan fingerprint density at radius 3 is 1.74 bits per heavy atom. The van der Waals surface area contributed by atoms with Crippen LogP contribution in [0.3, 0.4) is 0 Å². The summed E-state index contributed by atoms with van der Waals surface area (Å²) in [5.74, 6) is 0.976. The van der Waals surface area contributed by atoms with Gasteiger partial charge >= 0.3 is 0 Å². The standard InChI is InChI=1S/C36H52N2O/c1-10-36(33-19-15-12-16-20-33,38(29(6)7)30(8)9)34-25-31(23-24-37(27(2)3)28(4)5)21-22-35(34)39-26-32-17-13-11-14-18-32/h11-22,25,27-30H,10,23-24,26H2,1-9H3. The second-order valence-corrected chi connectivity index (χ2v) is 12.0. The Morgan fingerprint density at radius 2 is 1.23 bits per heavy atom. The van der Waals surface area contributed by atoms with Gasteiger partial charge in [-0.05, 0) is 97.1 Å². The number of nitrogens with zero attached hydrogens (tertiary/aromatic N) is 2. The molecule has 0 aliphatic rings. The van der Waals surface area contributed by atoms with E-state index in [4.69, 9.17) is 4.74 Å². The molecule has 0 amide bonds. The highest BCUT2D eigenvalue weighted by molar-refractivity contribution is 5.49. The summed E-state index contributed by atoms with van der Waals surface area (Å²) in [5.41, 5.74) is 4.82. The maximum absolute atomic E-state index is 6.68. The molecule has 39 heavy (non-hydrogen) atoms. The van der Waals surface area contributed by atoms with Gasteiger partial charge in [0, 0.05) is 36.3 Å². The lowest BCUT2D eigenvalue weighted by Gasteiger charge is -2.50. The molecule has 0 saturated carbocycles. The van der Waals surface area contributed by atoms with Crippen molar-refractivity contribution >= 4 is 0 Å². The van der Waals surface area contributed by atoms with Crippen molar-refractivity contribution in [1.29, 1.82) is 0 Å². The van der Waals surface area contributed by atoms with Crippen LogP contribution in [0.1, 0.15) is 91.0 Å². The third kappa shape index (κ3) is 7.32. The first-order chi connectivity index (χ1) is 18.6. The van der Waals surface area contributed by atoms with Crippen molar-refractivity contribution in [1.82, 2.24) is 9.80 Å². The van der Waals surface area contributed by atoms with E-state index in [1.165, 1.54) is 22.3 Å². The van der Waals surface area contributed by atoms with Crippen LogP contribution >= 0.6 is 0 Å². The summed E-state index contributed by atoms with van der Waals surface area (Å²) in [6, 6.07) is 30.3. The first-order valence-electron chi connectivity index (χ1n) is 15.0. The van der Waals surface area contributed by atoms with Crippen LogP contribution in [-0.4, -0.2) is 40.5 Å². The van der Waals surface area contributed by atoms with Gasteiger partial charge in [0.1, 0.15) is 12.4 Å². The first-order valence-corrected chi connectivity index (χ1v) is 15.0. The van der Waals surface area contributed by atoms with Crippen LogP contribution in [0.5, 0.6) is 5.75 Å². The molecule has 1 unspecified atom stereocenters. The van der Waals surface area contributed by atoms with Gasteiger partial charge in [0.25, 0.3) is 0 Å². The van der Waals surface area contributed by atoms with Crippen molar-refractivity contribution in [3.63, 3.8) is 0 Å². The normalized spacial score (nSPS) is 13.7. The molecular formula is C36H52N2O. The third-order valence-corrected chi connectivity index (χ3v) is 8.03. The molecule has 3 nitrogen and oxygen atoms in total. The molecule has 0 aromatic heterocycles. The lowest BCUT2D eigenvalue weighted by Crippen LogP contribution is -2.53. The molecule has 3 aromatic rings. The second kappa shape index (κ2) is 14.1. The Labute approximate surface area is 239 Å². The highest BCUT2D eigenvalue weighted by Crippen LogP contribution is 2.46. The van der Waals surface area contributed by atoms with Crippen LogP contribution in [-0.2, 0) is 18.6 Å². The molecule has 0 saturated heterocycles. The Bertz CT molecular complexity index is 1110. The molecule has 3 rings (SSSR count). The zero-order valence-electron chi connectivity index (χ0n) is 25.9. The van der Waals surface area contributed by atoms with Gasteiger partial charge in [-0.2, -0.15) is 0 Å². The Hall–Kier alpha value is -2.62. The fourth-order valence-corrected chi connectivity index (χ4v) is 6.50. The summed E-state index contributed by atoms with van der Waals surface area (Å²) in [4.78, 5) is 5.27. The Balaban J connectivity index is 2.19. The third-order valence-electron chi connectivity index (χ3n) is 8.03. The van der Waals surface area contributed by atoms with Crippen LogP contribution in [0.15, 0.2) is 78.9 Å². The zero-order valence-corrected chi connectivity index (χ0v) is 25.9. The van der Waals surface area contributed by atoms with E-state index in [9.17, 15) is 0 Å². The second-order valence-electron chi connectivity index (χ2n) is 12.0. The quantitative estimate of drug-likeness (QED) is 0.208. The van der Waals surface area contributed by atoms with Crippen molar-refractivity contribution in [2.45, 2.75) is 111 Å². The molecule has 0 heterocycles. The summed E-state index contributed by atoms with van der Waals surface area (Å²) in [6.45, 7) is 22.4. The maximum atomic E-state index is 6.68. The van der Waals surface area contributed by atoms with Gasteiger partial charge in [0.15, 0.2) is 0 Å². The molecule has 1 atom stereocenters. The van der Waals surface area contributed by atoms with Crippen molar-refractivity contribution in [3.8, 4) is 5.75 Å². The molecule has 0 aliphatic carbocycles. The zero-order chi connectivity index (χ0) is 28.6. The van der Waals surface area contributed by atoms with Crippen molar-refractivity contribution in [2.75, 3.05) is 6.54 Å².